The molecule has 0 bridgehead atoms. The molecule has 0 aliphatic carbocycles. The third kappa shape index (κ3) is 4.13. The molecule has 1 spiro atoms. The van der Waals surface area contributed by atoms with Gasteiger partial charge in [0.2, 0.25) is 5.91 Å². The summed E-state index contributed by atoms with van der Waals surface area (Å²) >= 11 is 1.60. The van der Waals surface area contributed by atoms with Gasteiger partial charge in [0.1, 0.15) is 0 Å². The Bertz CT molecular complexity index is 555. The van der Waals surface area contributed by atoms with Gasteiger partial charge in [0, 0.05) is 51.0 Å². The number of carbonyl (C=O) groups is 1. The van der Waals surface area contributed by atoms with Crippen molar-refractivity contribution >= 4 is 17.7 Å². The predicted octanol–water partition coefficient (Wildman–Crippen LogP) is 1.46. The van der Waals surface area contributed by atoms with Crippen LogP contribution in [0.5, 0.6) is 0 Å². The third-order valence-corrected chi connectivity index (χ3v) is 5.59. The van der Waals surface area contributed by atoms with Crippen LogP contribution in [0.4, 0.5) is 0 Å². The van der Waals surface area contributed by atoms with Gasteiger partial charge in [-0.25, -0.2) is 0 Å². The normalized spacial score (nSPS) is 21.3. The second-order valence-electron chi connectivity index (χ2n) is 6.76. The third-order valence-electron chi connectivity index (χ3n) is 5.05. The van der Waals surface area contributed by atoms with Crippen molar-refractivity contribution in [2.75, 3.05) is 44.8 Å². The number of aryl methyl sites for hydroxylation is 1. The molecule has 0 radical (unpaired) electrons. The van der Waals surface area contributed by atoms with Gasteiger partial charge in [-0.3, -0.25) is 14.4 Å². The van der Waals surface area contributed by atoms with Crippen molar-refractivity contribution in [3.05, 3.63) is 18.0 Å². The monoisotopic (exact) mass is 352 g/mol. The van der Waals surface area contributed by atoms with Crippen molar-refractivity contribution in [1.29, 1.82) is 0 Å². The lowest BCUT2D eigenvalue weighted by molar-refractivity contribution is -0.157. The van der Waals surface area contributed by atoms with E-state index in [2.05, 4.69) is 23.1 Å². The molecule has 134 valence electrons. The largest absolute Gasteiger partial charge is 0.371 e. The zero-order valence-electron chi connectivity index (χ0n) is 14.7. The topological polar surface area (TPSA) is 50.6 Å². The number of hydrogen-bond donors (Lipinski definition) is 0. The van der Waals surface area contributed by atoms with Crippen LogP contribution in [0.2, 0.25) is 0 Å². The molecule has 0 atom stereocenters. The molecular formula is C17H28N4O2S. The molecule has 0 aromatic carbocycles. The highest BCUT2D eigenvalue weighted by atomic mass is 32.2. The Labute approximate surface area is 148 Å². The van der Waals surface area contributed by atoms with E-state index >= 15 is 0 Å². The molecule has 0 saturated carbocycles. The summed E-state index contributed by atoms with van der Waals surface area (Å²) in [5, 5.41) is 4.35. The van der Waals surface area contributed by atoms with Gasteiger partial charge in [0.05, 0.1) is 24.2 Å². The summed E-state index contributed by atoms with van der Waals surface area (Å²) < 4.78 is 8.11. The van der Waals surface area contributed by atoms with Crippen molar-refractivity contribution in [2.45, 2.75) is 38.5 Å². The average molecular weight is 353 g/mol. The van der Waals surface area contributed by atoms with Crippen LogP contribution < -0.4 is 0 Å². The summed E-state index contributed by atoms with van der Waals surface area (Å²) in [4.78, 5) is 16.7. The highest BCUT2D eigenvalue weighted by Crippen LogP contribution is 2.31. The summed E-state index contributed by atoms with van der Waals surface area (Å²) in [6.45, 7) is 8.16. The fraction of sp³-hybridized carbons (Fsp3) is 0.765. The lowest BCUT2D eigenvalue weighted by Gasteiger charge is -2.47. The fourth-order valence-electron chi connectivity index (χ4n) is 3.61. The molecular weight excluding hydrogens is 324 g/mol. The summed E-state index contributed by atoms with van der Waals surface area (Å²) in [5.74, 6) is 0.823. The van der Waals surface area contributed by atoms with E-state index in [4.69, 9.17) is 4.74 Å². The van der Waals surface area contributed by atoms with E-state index in [0.717, 1.165) is 52.1 Å². The Morgan fingerprint density at radius 2 is 2.17 bits per heavy atom. The van der Waals surface area contributed by atoms with Crippen molar-refractivity contribution < 1.29 is 9.53 Å². The van der Waals surface area contributed by atoms with E-state index in [9.17, 15) is 4.79 Å². The fourth-order valence-corrected chi connectivity index (χ4v) is 4.04. The van der Waals surface area contributed by atoms with Gasteiger partial charge in [-0.05, 0) is 26.0 Å². The molecule has 1 aromatic heterocycles. The molecule has 24 heavy (non-hydrogen) atoms. The zero-order chi connectivity index (χ0) is 17.0. The van der Waals surface area contributed by atoms with Crippen molar-refractivity contribution in [3.8, 4) is 0 Å². The van der Waals surface area contributed by atoms with Crippen LogP contribution in [-0.2, 0) is 22.6 Å². The average Bonchev–Trinajstić information content (AvgIpc) is 3.05. The molecule has 0 N–H and O–H groups in total. The highest BCUT2D eigenvalue weighted by Gasteiger charge is 2.40. The Hall–Kier alpha value is -1.05. The maximum atomic E-state index is 12.2. The number of morpholine rings is 1. The second kappa shape index (κ2) is 7.89. The van der Waals surface area contributed by atoms with Crippen molar-refractivity contribution in [2.24, 2.45) is 0 Å². The predicted molar refractivity (Wildman–Crippen MR) is 96.1 cm³/mol. The molecule has 7 heteroatoms. The maximum Gasteiger partial charge on any atom is 0.232 e. The van der Waals surface area contributed by atoms with E-state index in [1.807, 2.05) is 22.0 Å². The first-order valence-electron chi connectivity index (χ1n) is 8.78. The molecule has 2 saturated heterocycles. The SMILES string of the molecule is CCn1cc(CN2CCC3(CC2)CN(C(=O)CSC)CCO3)cn1. The minimum Gasteiger partial charge on any atom is -0.371 e. The van der Waals surface area contributed by atoms with Crippen molar-refractivity contribution in [1.82, 2.24) is 19.6 Å². The van der Waals surface area contributed by atoms with Crippen LogP contribution in [0.1, 0.15) is 25.3 Å². The van der Waals surface area contributed by atoms with Gasteiger partial charge in [0.25, 0.3) is 0 Å². The molecule has 2 aliphatic heterocycles. The first-order valence-corrected chi connectivity index (χ1v) is 10.2. The van der Waals surface area contributed by atoms with Gasteiger partial charge >= 0.3 is 0 Å². The number of piperidine rings is 1. The Balaban J connectivity index is 1.52. The quantitative estimate of drug-likeness (QED) is 0.803. The summed E-state index contributed by atoms with van der Waals surface area (Å²) in [5.41, 5.74) is 1.14. The van der Waals surface area contributed by atoms with E-state index in [-0.39, 0.29) is 11.5 Å². The highest BCUT2D eigenvalue weighted by molar-refractivity contribution is 7.99. The first-order chi connectivity index (χ1) is 11.6. The lowest BCUT2D eigenvalue weighted by atomic mass is 9.89. The number of amides is 1. The van der Waals surface area contributed by atoms with Gasteiger partial charge in [0.15, 0.2) is 0 Å². The Morgan fingerprint density at radius 1 is 1.38 bits per heavy atom. The van der Waals surface area contributed by atoms with Crippen LogP contribution >= 0.6 is 11.8 Å². The van der Waals surface area contributed by atoms with Gasteiger partial charge in [-0.15, -0.1) is 0 Å². The van der Waals surface area contributed by atoms with Gasteiger partial charge in [-0.2, -0.15) is 16.9 Å². The molecule has 3 heterocycles. The van der Waals surface area contributed by atoms with Crippen LogP contribution in [0.3, 0.4) is 0 Å². The number of aromatic nitrogens is 2. The Kier molecular flexibility index (Phi) is 5.84. The smallest absolute Gasteiger partial charge is 0.232 e. The van der Waals surface area contributed by atoms with Gasteiger partial charge < -0.3 is 9.64 Å². The number of likely N-dealkylation sites (tertiary alicyclic amines) is 1. The minimum absolute atomic E-state index is 0.129. The summed E-state index contributed by atoms with van der Waals surface area (Å²) in [6, 6.07) is 0. The first kappa shape index (κ1) is 17.8. The standard InChI is InChI=1S/C17H28N4O2S/c1-3-21-12-15(10-18-21)11-19-6-4-17(5-7-19)14-20(8-9-23-17)16(22)13-24-2/h10,12H,3-9,11,13-14H2,1-2H3. The van der Waals surface area contributed by atoms with E-state index in [0.29, 0.717) is 12.4 Å². The van der Waals surface area contributed by atoms with Crippen LogP contribution in [-0.4, -0.2) is 75.9 Å². The number of thioether (sulfide) groups is 1. The van der Waals surface area contributed by atoms with E-state index in [1.54, 1.807) is 11.8 Å². The van der Waals surface area contributed by atoms with E-state index in [1.165, 1.54) is 5.56 Å². The van der Waals surface area contributed by atoms with Crippen molar-refractivity contribution in [3.63, 3.8) is 0 Å². The van der Waals surface area contributed by atoms with Crippen LogP contribution in [0.25, 0.3) is 0 Å². The molecule has 0 unspecified atom stereocenters. The lowest BCUT2D eigenvalue weighted by Crippen LogP contribution is -2.58. The second-order valence-corrected chi connectivity index (χ2v) is 7.63. The van der Waals surface area contributed by atoms with E-state index < -0.39 is 0 Å². The summed E-state index contributed by atoms with van der Waals surface area (Å²) in [6.07, 6.45) is 8.07. The van der Waals surface area contributed by atoms with Gasteiger partial charge in [-0.1, -0.05) is 0 Å². The molecule has 1 aromatic rings. The Morgan fingerprint density at radius 3 is 2.83 bits per heavy atom. The minimum atomic E-state index is -0.129. The molecule has 2 aliphatic rings. The molecule has 3 rings (SSSR count). The summed E-state index contributed by atoms with van der Waals surface area (Å²) in [7, 11) is 0. The number of rotatable bonds is 5. The number of ether oxygens (including phenoxy) is 1. The molecule has 1 amide bonds. The maximum absolute atomic E-state index is 12.2. The molecule has 6 nitrogen and oxygen atoms in total. The van der Waals surface area contributed by atoms with Crippen LogP contribution in [0.15, 0.2) is 12.4 Å². The number of nitrogens with zero attached hydrogens (tertiary/aromatic N) is 4. The zero-order valence-corrected chi connectivity index (χ0v) is 15.6. The van der Waals surface area contributed by atoms with Crippen LogP contribution in [0, 0.1) is 0 Å². The molecule has 2 fully saturated rings. The number of carbonyl (C=O) groups excluding carboxylic acids is 1. The number of hydrogen-bond acceptors (Lipinski definition) is 5.